The van der Waals surface area contributed by atoms with Gasteiger partial charge in [0, 0.05) is 12.1 Å². The van der Waals surface area contributed by atoms with E-state index in [0.717, 1.165) is 0 Å². The van der Waals surface area contributed by atoms with Gasteiger partial charge in [0.05, 0.1) is 13.2 Å². The molecule has 0 amide bonds. The van der Waals surface area contributed by atoms with Gasteiger partial charge in [-0.1, -0.05) is 0 Å². The SMILES string of the molecule is CCOC(=O)c1ccc[n+](CC[n+]2cccc(C(=O)OCC)c2)c1.F[B-](F)(F)F.F[B-](F)(F)F. The smallest absolute Gasteiger partial charge is 0.462 e. The lowest BCUT2D eigenvalue weighted by Gasteiger charge is -2.02. The lowest BCUT2D eigenvalue weighted by atomic mass is 10.3. The molecule has 6 nitrogen and oxygen atoms in total. The van der Waals surface area contributed by atoms with Gasteiger partial charge < -0.3 is 44.0 Å². The summed E-state index contributed by atoms with van der Waals surface area (Å²) in [6.07, 6.45) is 7.29. The van der Waals surface area contributed by atoms with Crippen molar-refractivity contribution in [2.45, 2.75) is 26.9 Å². The highest BCUT2D eigenvalue weighted by molar-refractivity contribution is 6.50. The molecular formula is C18H22B2F8N2O4. The molecule has 0 aliphatic rings. The molecule has 16 heteroatoms. The topological polar surface area (TPSA) is 60.4 Å². The summed E-state index contributed by atoms with van der Waals surface area (Å²) in [6, 6.07) is 7.07. The van der Waals surface area contributed by atoms with E-state index in [0.29, 0.717) is 37.4 Å². The number of pyridine rings is 2. The van der Waals surface area contributed by atoms with Crippen molar-refractivity contribution in [1.82, 2.24) is 0 Å². The van der Waals surface area contributed by atoms with Crippen molar-refractivity contribution in [2.75, 3.05) is 13.2 Å². The van der Waals surface area contributed by atoms with Gasteiger partial charge in [-0.3, -0.25) is 0 Å². The van der Waals surface area contributed by atoms with Crippen molar-refractivity contribution in [3.8, 4) is 0 Å². The van der Waals surface area contributed by atoms with Crippen LogP contribution in [0, 0.1) is 0 Å². The Kier molecular flexibility index (Phi) is 13.5. The predicted molar refractivity (Wildman–Crippen MR) is 106 cm³/mol. The summed E-state index contributed by atoms with van der Waals surface area (Å²) >= 11 is 0. The summed E-state index contributed by atoms with van der Waals surface area (Å²) in [5, 5.41) is 0. The lowest BCUT2D eigenvalue weighted by Crippen LogP contribution is -2.44. The van der Waals surface area contributed by atoms with Gasteiger partial charge in [-0.15, -0.1) is 0 Å². The van der Waals surface area contributed by atoms with Crippen LogP contribution in [0.15, 0.2) is 49.1 Å². The normalized spacial score (nSPS) is 10.8. The highest BCUT2D eigenvalue weighted by Crippen LogP contribution is 2.07. The molecule has 0 atom stereocenters. The molecule has 0 aliphatic heterocycles. The van der Waals surface area contributed by atoms with Gasteiger partial charge in [-0.05, 0) is 26.0 Å². The maximum Gasteiger partial charge on any atom is 0.673 e. The van der Waals surface area contributed by atoms with Crippen molar-refractivity contribution in [3.63, 3.8) is 0 Å². The third kappa shape index (κ3) is 17.4. The second-order valence-corrected chi connectivity index (χ2v) is 6.09. The fourth-order valence-electron chi connectivity index (χ4n) is 2.22. The molecule has 2 rings (SSSR count). The van der Waals surface area contributed by atoms with Crippen LogP contribution in [-0.4, -0.2) is 39.7 Å². The number of esters is 2. The number of nitrogens with zero attached hydrogens (tertiary/aromatic N) is 2. The Bertz CT molecular complexity index is 829. The minimum atomic E-state index is -6.00. The second-order valence-electron chi connectivity index (χ2n) is 6.09. The van der Waals surface area contributed by atoms with Crippen molar-refractivity contribution < 1.29 is 62.7 Å². The third-order valence-electron chi connectivity index (χ3n) is 3.36. The largest absolute Gasteiger partial charge is 0.673 e. The molecular weight excluding hydrogens is 482 g/mol. The molecule has 0 fully saturated rings. The maximum absolute atomic E-state index is 11.8. The molecule has 2 heterocycles. The summed E-state index contributed by atoms with van der Waals surface area (Å²) in [5.41, 5.74) is 1.04. The van der Waals surface area contributed by atoms with E-state index in [9.17, 15) is 44.1 Å². The van der Waals surface area contributed by atoms with E-state index in [1.54, 1.807) is 38.4 Å². The van der Waals surface area contributed by atoms with E-state index in [1.807, 2.05) is 33.7 Å². The Hall–Kier alpha value is -3.19. The Morgan fingerprint density at radius 3 is 1.26 bits per heavy atom. The minimum absolute atomic E-state index is 0.330. The number of rotatable bonds is 7. The summed E-state index contributed by atoms with van der Waals surface area (Å²) in [5.74, 6) is -0.660. The van der Waals surface area contributed by atoms with E-state index in [1.165, 1.54) is 0 Å². The number of aromatic nitrogens is 2. The first-order valence-electron chi connectivity index (χ1n) is 9.71. The molecule has 2 aromatic heterocycles. The number of carbonyl (C=O) groups is 2. The zero-order chi connectivity index (χ0) is 26.4. The number of hydrogen-bond acceptors (Lipinski definition) is 4. The van der Waals surface area contributed by atoms with Crippen LogP contribution in [0.2, 0.25) is 0 Å². The van der Waals surface area contributed by atoms with Gasteiger partial charge in [0.25, 0.3) is 0 Å². The fraction of sp³-hybridized carbons (Fsp3) is 0.333. The van der Waals surface area contributed by atoms with Crippen LogP contribution in [0.3, 0.4) is 0 Å². The standard InChI is InChI=1S/C18H22N2O4.2BF4/c1-3-23-17(21)15-7-5-9-19(13-15)11-12-20-10-6-8-16(14-20)18(22)24-4-2;2*2-1(3,4)5/h5-10,13-14H,3-4,11-12H2,1-2H3;;/q+2;2*-1. The Morgan fingerprint density at radius 1 is 0.706 bits per heavy atom. The summed E-state index contributed by atoms with van der Waals surface area (Å²) in [7, 11) is -12.0. The number of halogens is 8. The predicted octanol–water partition coefficient (Wildman–Crippen LogP) is 3.92. The van der Waals surface area contributed by atoms with Gasteiger partial charge in [-0.2, -0.15) is 9.13 Å². The minimum Gasteiger partial charge on any atom is -0.462 e. The van der Waals surface area contributed by atoms with Crippen LogP contribution in [0.1, 0.15) is 34.6 Å². The van der Waals surface area contributed by atoms with Crippen molar-refractivity contribution in [3.05, 3.63) is 60.2 Å². The van der Waals surface area contributed by atoms with E-state index in [2.05, 4.69) is 0 Å². The highest BCUT2D eigenvalue weighted by Gasteiger charge is 2.21. The van der Waals surface area contributed by atoms with Crippen LogP contribution in [0.5, 0.6) is 0 Å². The molecule has 2 aromatic rings. The molecule has 0 N–H and O–H groups in total. The number of hydrogen-bond donors (Lipinski definition) is 0. The van der Waals surface area contributed by atoms with Gasteiger partial charge in [-0.25, -0.2) is 9.59 Å². The van der Waals surface area contributed by atoms with E-state index in [-0.39, 0.29) is 11.9 Å². The number of aryl methyl sites for hydroxylation is 2. The van der Waals surface area contributed by atoms with E-state index < -0.39 is 14.5 Å². The van der Waals surface area contributed by atoms with Crippen LogP contribution < -0.4 is 9.13 Å². The maximum atomic E-state index is 11.8. The zero-order valence-electron chi connectivity index (χ0n) is 18.2. The van der Waals surface area contributed by atoms with E-state index >= 15 is 0 Å². The first-order valence-corrected chi connectivity index (χ1v) is 9.71. The fourth-order valence-corrected chi connectivity index (χ4v) is 2.22. The molecule has 190 valence electrons. The molecule has 34 heavy (non-hydrogen) atoms. The molecule has 0 spiro atoms. The highest BCUT2D eigenvalue weighted by atomic mass is 19.5. The molecule has 0 saturated carbocycles. The van der Waals surface area contributed by atoms with Crippen LogP contribution in [-0.2, 0) is 22.6 Å². The van der Waals surface area contributed by atoms with Crippen LogP contribution in [0.4, 0.5) is 34.5 Å². The zero-order valence-corrected chi connectivity index (χ0v) is 18.2. The number of ether oxygens (including phenoxy) is 2. The second kappa shape index (κ2) is 14.9. The first-order chi connectivity index (χ1) is 15.6. The molecule has 0 aromatic carbocycles. The lowest BCUT2D eigenvalue weighted by molar-refractivity contribution is -0.778. The summed E-state index contributed by atoms with van der Waals surface area (Å²) < 4.78 is 91.8. The molecule has 0 unspecified atom stereocenters. The molecule has 0 radical (unpaired) electrons. The van der Waals surface area contributed by atoms with Gasteiger partial charge in [0.15, 0.2) is 24.8 Å². The van der Waals surface area contributed by atoms with Crippen LogP contribution in [0.25, 0.3) is 0 Å². The van der Waals surface area contributed by atoms with Gasteiger partial charge in [0.1, 0.15) is 11.1 Å². The molecule has 0 aliphatic carbocycles. The molecule has 0 saturated heterocycles. The third-order valence-corrected chi connectivity index (χ3v) is 3.36. The monoisotopic (exact) mass is 504 g/mol. The Morgan fingerprint density at radius 2 is 1.00 bits per heavy atom. The van der Waals surface area contributed by atoms with Crippen molar-refractivity contribution in [1.29, 1.82) is 0 Å². The van der Waals surface area contributed by atoms with Gasteiger partial charge in [0.2, 0.25) is 13.1 Å². The first kappa shape index (κ1) is 30.8. The van der Waals surface area contributed by atoms with Crippen LogP contribution >= 0.6 is 0 Å². The number of carbonyl (C=O) groups excluding carboxylic acids is 2. The average molecular weight is 504 g/mol. The summed E-state index contributed by atoms with van der Waals surface area (Å²) in [4.78, 5) is 23.5. The van der Waals surface area contributed by atoms with E-state index in [4.69, 9.17) is 9.47 Å². The average Bonchev–Trinajstić information content (AvgIpc) is 2.71. The van der Waals surface area contributed by atoms with Crippen molar-refractivity contribution in [2.24, 2.45) is 0 Å². The Labute approximate surface area is 190 Å². The quantitative estimate of drug-likeness (QED) is 0.249. The summed E-state index contributed by atoms with van der Waals surface area (Å²) in [6.45, 7) is 5.58. The van der Waals surface area contributed by atoms with Crippen molar-refractivity contribution >= 4 is 26.4 Å². The Balaban J connectivity index is 0.000000916. The van der Waals surface area contributed by atoms with Gasteiger partial charge >= 0.3 is 26.4 Å². The molecule has 0 bridgehead atoms.